The highest BCUT2D eigenvalue weighted by molar-refractivity contribution is 6.30. The lowest BCUT2D eigenvalue weighted by molar-refractivity contribution is -0.125. The molecular formula is C31H33ClN2O3. The predicted molar refractivity (Wildman–Crippen MR) is 147 cm³/mol. The van der Waals surface area contributed by atoms with Gasteiger partial charge >= 0.3 is 0 Å². The van der Waals surface area contributed by atoms with E-state index in [0.29, 0.717) is 23.6 Å². The van der Waals surface area contributed by atoms with Crippen molar-refractivity contribution < 1.29 is 14.6 Å². The zero-order chi connectivity index (χ0) is 26.2. The van der Waals surface area contributed by atoms with Crippen LogP contribution in [0.2, 0.25) is 5.02 Å². The summed E-state index contributed by atoms with van der Waals surface area (Å²) >= 11 is 6.09. The van der Waals surface area contributed by atoms with Crippen molar-refractivity contribution in [1.29, 1.82) is 0 Å². The molecule has 3 aromatic rings. The van der Waals surface area contributed by atoms with Gasteiger partial charge in [-0.3, -0.25) is 9.78 Å². The number of aromatic nitrogens is 1. The fourth-order valence-corrected chi connectivity index (χ4v) is 5.79. The summed E-state index contributed by atoms with van der Waals surface area (Å²) in [7, 11) is 0. The Bertz CT molecular complexity index is 1350. The van der Waals surface area contributed by atoms with Gasteiger partial charge in [0.05, 0.1) is 11.3 Å². The van der Waals surface area contributed by atoms with Gasteiger partial charge in [-0.15, -0.1) is 0 Å². The number of ether oxygens (including phenoxy) is 1. The largest absolute Gasteiger partial charge is 0.487 e. The number of rotatable bonds is 5. The lowest BCUT2D eigenvalue weighted by Crippen LogP contribution is -2.55. The summed E-state index contributed by atoms with van der Waals surface area (Å²) in [5, 5.41) is 12.4. The molecule has 2 aromatic carbocycles. The number of aliphatic hydroxyl groups is 1. The molecule has 37 heavy (non-hydrogen) atoms. The second kappa shape index (κ2) is 10.1. The maximum atomic E-state index is 12.1. The Hall–Kier alpha value is -2.99. The zero-order valence-electron chi connectivity index (χ0n) is 21.6. The van der Waals surface area contributed by atoms with Crippen LogP contribution in [0, 0.1) is 5.41 Å². The molecule has 0 bridgehead atoms. The van der Waals surface area contributed by atoms with Gasteiger partial charge in [0.25, 0.3) is 0 Å². The van der Waals surface area contributed by atoms with Crippen LogP contribution in [0.5, 0.6) is 5.75 Å². The van der Waals surface area contributed by atoms with Crippen LogP contribution in [0.1, 0.15) is 66.4 Å². The third kappa shape index (κ3) is 4.96. The van der Waals surface area contributed by atoms with Crippen LogP contribution in [-0.4, -0.2) is 40.4 Å². The van der Waals surface area contributed by atoms with Gasteiger partial charge in [0.15, 0.2) is 5.78 Å². The van der Waals surface area contributed by atoms with Gasteiger partial charge in [0.1, 0.15) is 12.4 Å². The Morgan fingerprint density at radius 1 is 1.16 bits per heavy atom. The van der Waals surface area contributed by atoms with Crippen LogP contribution in [-0.2, 0) is 12.2 Å². The number of hydrogen-bond donors (Lipinski definition) is 1. The molecule has 1 saturated heterocycles. The first kappa shape index (κ1) is 25.7. The first-order valence-corrected chi connectivity index (χ1v) is 13.2. The fourth-order valence-electron chi connectivity index (χ4n) is 5.66. The number of likely N-dealkylation sites (tertiary alicyclic amines) is 1. The molecule has 1 N–H and O–H groups in total. The molecule has 0 aliphatic carbocycles. The molecule has 5 rings (SSSR count). The number of fused-ring (bicyclic) bond motifs is 2. The quantitative estimate of drug-likeness (QED) is 0.405. The van der Waals surface area contributed by atoms with Gasteiger partial charge in [-0.1, -0.05) is 49.7 Å². The molecule has 3 heterocycles. The van der Waals surface area contributed by atoms with E-state index in [0.717, 1.165) is 59.8 Å². The van der Waals surface area contributed by atoms with Gasteiger partial charge < -0.3 is 14.7 Å². The SMILES string of the molecule is CC(=O)c1ccc2c(c1)/C(=C/CCN1CC[C@](O)(c3ccc(Cl)cc3)C(C)(C)C1)c1cccnc1CO2. The number of piperidine rings is 1. The minimum absolute atomic E-state index is 0.0292. The molecule has 0 saturated carbocycles. The van der Waals surface area contributed by atoms with Gasteiger partial charge in [-0.25, -0.2) is 0 Å². The Kier molecular flexibility index (Phi) is 6.97. The van der Waals surface area contributed by atoms with Crippen molar-refractivity contribution in [1.82, 2.24) is 9.88 Å². The van der Waals surface area contributed by atoms with E-state index in [1.807, 2.05) is 48.5 Å². The van der Waals surface area contributed by atoms with E-state index >= 15 is 0 Å². The minimum Gasteiger partial charge on any atom is -0.487 e. The standard InChI is InChI=1S/C31H33ClN2O3/c1-21(35)22-8-13-29-27(18-22)25(26-6-4-15-33-28(26)19-37-29)7-5-16-34-17-14-31(36,30(2,3)20-34)23-9-11-24(32)12-10-23/h4,6-13,15,18,36H,5,14,16-17,19-20H2,1-3H3/b25-7+/t31-/m0/s1. The van der Waals surface area contributed by atoms with Gasteiger partial charge in [0, 0.05) is 53.0 Å². The van der Waals surface area contributed by atoms with E-state index in [4.69, 9.17) is 16.3 Å². The molecule has 6 heteroatoms. The summed E-state index contributed by atoms with van der Waals surface area (Å²) in [5.74, 6) is 0.794. The Labute approximate surface area is 223 Å². The van der Waals surface area contributed by atoms with Crippen LogP contribution < -0.4 is 4.74 Å². The highest BCUT2D eigenvalue weighted by Crippen LogP contribution is 2.46. The van der Waals surface area contributed by atoms with Gasteiger partial charge in [0.2, 0.25) is 0 Å². The predicted octanol–water partition coefficient (Wildman–Crippen LogP) is 6.27. The second-order valence-corrected chi connectivity index (χ2v) is 11.2. The summed E-state index contributed by atoms with van der Waals surface area (Å²) in [6, 6.07) is 17.2. The Morgan fingerprint density at radius 2 is 1.95 bits per heavy atom. The van der Waals surface area contributed by atoms with Crippen LogP contribution in [0.3, 0.4) is 0 Å². The summed E-state index contributed by atoms with van der Waals surface area (Å²) in [6.45, 7) is 8.69. The van der Waals surface area contributed by atoms with Crippen LogP contribution in [0.25, 0.3) is 5.57 Å². The highest BCUT2D eigenvalue weighted by Gasteiger charge is 2.48. The summed E-state index contributed by atoms with van der Waals surface area (Å²) < 4.78 is 6.07. The maximum absolute atomic E-state index is 12.1. The first-order valence-electron chi connectivity index (χ1n) is 12.8. The molecule has 192 valence electrons. The zero-order valence-corrected chi connectivity index (χ0v) is 22.4. The lowest BCUT2D eigenvalue weighted by atomic mass is 9.66. The molecular weight excluding hydrogens is 484 g/mol. The summed E-state index contributed by atoms with van der Waals surface area (Å²) in [6.07, 6.45) is 5.51. The number of carbonyl (C=O) groups excluding carboxylic acids is 1. The van der Waals surface area contributed by atoms with Crippen LogP contribution >= 0.6 is 11.6 Å². The van der Waals surface area contributed by atoms with E-state index < -0.39 is 5.60 Å². The van der Waals surface area contributed by atoms with Gasteiger partial charge in [-0.2, -0.15) is 0 Å². The van der Waals surface area contributed by atoms with Crippen molar-refractivity contribution in [2.45, 2.75) is 45.8 Å². The maximum Gasteiger partial charge on any atom is 0.159 e. The number of carbonyl (C=O) groups is 1. The van der Waals surface area contributed by atoms with E-state index in [1.54, 1.807) is 13.1 Å². The average Bonchev–Trinajstić information content (AvgIpc) is 3.03. The van der Waals surface area contributed by atoms with Crippen molar-refractivity contribution in [3.8, 4) is 5.75 Å². The van der Waals surface area contributed by atoms with Crippen molar-refractivity contribution in [2.24, 2.45) is 5.41 Å². The van der Waals surface area contributed by atoms with Crippen LogP contribution in [0.15, 0.2) is 66.9 Å². The monoisotopic (exact) mass is 516 g/mol. The van der Waals surface area contributed by atoms with Crippen molar-refractivity contribution in [3.05, 3.63) is 99.8 Å². The average molecular weight is 517 g/mol. The third-order valence-electron chi connectivity index (χ3n) is 7.86. The van der Waals surface area contributed by atoms with E-state index in [1.165, 1.54) is 0 Å². The summed E-state index contributed by atoms with van der Waals surface area (Å²) in [5.41, 5.74) is 4.26. The van der Waals surface area contributed by atoms with E-state index in [-0.39, 0.29) is 11.2 Å². The number of Topliss-reactive ketones (excluding diaryl/α,β-unsaturated/α-hetero) is 1. The molecule has 1 atom stereocenters. The number of ketones is 1. The van der Waals surface area contributed by atoms with Crippen LogP contribution in [0.4, 0.5) is 0 Å². The first-order chi connectivity index (χ1) is 17.7. The molecule has 2 aliphatic rings. The van der Waals surface area contributed by atoms with E-state index in [9.17, 15) is 9.90 Å². The smallest absolute Gasteiger partial charge is 0.159 e. The molecule has 0 radical (unpaired) electrons. The Balaban J connectivity index is 1.38. The molecule has 5 nitrogen and oxygen atoms in total. The number of pyridine rings is 1. The number of nitrogens with zero attached hydrogens (tertiary/aromatic N) is 2. The second-order valence-electron chi connectivity index (χ2n) is 10.7. The normalized spacial score (nSPS) is 22.0. The molecule has 2 aliphatic heterocycles. The molecule has 1 aromatic heterocycles. The van der Waals surface area contributed by atoms with E-state index in [2.05, 4.69) is 35.9 Å². The number of benzene rings is 2. The minimum atomic E-state index is -0.905. The van der Waals surface area contributed by atoms with Gasteiger partial charge in [-0.05, 0) is 67.3 Å². The lowest BCUT2D eigenvalue weighted by Gasteiger charge is -2.50. The number of halogens is 1. The Morgan fingerprint density at radius 3 is 2.68 bits per heavy atom. The van der Waals surface area contributed by atoms with Crippen molar-refractivity contribution in [3.63, 3.8) is 0 Å². The number of hydrogen-bond acceptors (Lipinski definition) is 5. The topological polar surface area (TPSA) is 62.7 Å². The summed E-state index contributed by atoms with van der Waals surface area (Å²) in [4.78, 5) is 19.1. The third-order valence-corrected chi connectivity index (χ3v) is 8.12. The molecule has 1 fully saturated rings. The van der Waals surface area contributed by atoms with Crippen molar-refractivity contribution in [2.75, 3.05) is 19.6 Å². The highest BCUT2D eigenvalue weighted by atomic mass is 35.5. The fraction of sp³-hybridized carbons (Fsp3) is 0.355. The molecule has 0 unspecified atom stereocenters. The molecule has 0 amide bonds. The van der Waals surface area contributed by atoms with Crippen molar-refractivity contribution >= 4 is 23.0 Å². The molecule has 0 spiro atoms.